The van der Waals surface area contributed by atoms with E-state index in [-0.39, 0.29) is 12.4 Å². The maximum Gasteiger partial charge on any atom is 0.0331 e. The van der Waals surface area contributed by atoms with Crippen LogP contribution in [-0.2, 0) is 0 Å². The van der Waals surface area contributed by atoms with Crippen LogP contribution in [0.5, 0.6) is 0 Å². The number of rotatable bonds is 3. The molecule has 1 aromatic carbocycles. The fourth-order valence-electron chi connectivity index (χ4n) is 2.61. The number of benzene rings is 1. The molecule has 1 heterocycles. The van der Waals surface area contributed by atoms with Gasteiger partial charge in [0.15, 0.2) is 0 Å². The molecule has 2 nitrogen and oxygen atoms in total. The average molecular weight is 334 g/mol. The molecule has 0 spiro atoms. The summed E-state index contributed by atoms with van der Waals surface area (Å²) in [5.41, 5.74) is 7.37. The third-order valence-electron chi connectivity index (χ3n) is 3.90. The molecule has 0 aliphatic carbocycles. The predicted octanol–water partition coefficient (Wildman–Crippen LogP) is 3.60. The summed E-state index contributed by atoms with van der Waals surface area (Å²) >= 11 is 3.64. The molecule has 0 bridgehead atoms. The molecule has 0 aromatic heterocycles. The maximum absolute atomic E-state index is 5.99. The van der Waals surface area contributed by atoms with Crippen molar-refractivity contribution in [3.63, 3.8) is 0 Å². The van der Waals surface area contributed by atoms with Gasteiger partial charge in [-0.3, -0.25) is 4.90 Å². The second kappa shape index (κ2) is 6.90. The standard InChI is InChI=1S/C14H21BrN2.ClH/c1-10(16)12-7-8-17(9-12)11(2)13-5-3-4-6-14(13)15;/h3-6,10-12H,7-9,16H2,1-2H3;1H. The van der Waals surface area contributed by atoms with Gasteiger partial charge in [-0.05, 0) is 44.4 Å². The Morgan fingerprint density at radius 1 is 1.33 bits per heavy atom. The van der Waals surface area contributed by atoms with Gasteiger partial charge >= 0.3 is 0 Å². The molecule has 3 unspecified atom stereocenters. The third kappa shape index (κ3) is 3.47. The Hall–Kier alpha value is -0.0900. The maximum atomic E-state index is 5.99. The number of hydrogen-bond acceptors (Lipinski definition) is 2. The molecule has 18 heavy (non-hydrogen) atoms. The molecule has 3 atom stereocenters. The Morgan fingerprint density at radius 2 is 2.00 bits per heavy atom. The van der Waals surface area contributed by atoms with Gasteiger partial charge in [0.2, 0.25) is 0 Å². The zero-order valence-corrected chi connectivity index (χ0v) is 13.4. The molecular weight excluding hydrogens is 312 g/mol. The van der Waals surface area contributed by atoms with Crippen LogP contribution >= 0.6 is 28.3 Å². The van der Waals surface area contributed by atoms with E-state index >= 15 is 0 Å². The SMILES string of the molecule is CC(N)C1CCN(C(C)c2ccccc2Br)C1.Cl. The number of halogens is 2. The van der Waals surface area contributed by atoms with E-state index in [1.54, 1.807) is 0 Å². The van der Waals surface area contributed by atoms with E-state index in [9.17, 15) is 0 Å². The topological polar surface area (TPSA) is 29.3 Å². The van der Waals surface area contributed by atoms with Gasteiger partial charge in [-0.15, -0.1) is 12.4 Å². The van der Waals surface area contributed by atoms with Gasteiger partial charge in [-0.2, -0.15) is 0 Å². The van der Waals surface area contributed by atoms with Gasteiger partial charge < -0.3 is 5.73 Å². The van der Waals surface area contributed by atoms with E-state index in [4.69, 9.17) is 5.73 Å². The monoisotopic (exact) mass is 332 g/mol. The Balaban J connectivity index is 0.00000162. The highest BCUT2D eigenvalue weighted by Crippen LogP contribution is 2.31. The highest BCUT2D eigenvalue weighted by Gasteiger charge is 2.29. The van der Waals surface area contributed by atoms with Crippen molar-refractivity contribution in [3.8, 4) is 0 Å². The summed E-state index contributed by atoms with van der Waals surface area (Å²) in [4.78, 5) is 2.54. The molecule has 2 N–H and O–H groups in total. The molecule has 1 aliphatic rings. The molecule has 1 aromatic rings. The average Bonchev–Trinajstić information content (AvgIpc) is 2.78. The second-order valence-electron chi connectivity index (χ2n) is 5.10. The molecule has 2 rings (SSSR count). The van der Waals surface area contributed by atoms with Crippen molar-refractivity contribution < 1.29 is 0 Å². The lowest BCUT2D eigenvalue weighted by molar-refractivity contribution is 0.247. The lowest BCUT2D eigenvalue weighted by Gasteiger charge is -2.26. The van der Waals surface area contributed by atoms with Crippen LogP contribution in [0.1, 0.15) is 31.9 Å². The quantitative estimate of drug-likeness (QED) is 0.915. The van der Waals surface area contributed by atoms with E-state index in [2.05, 4.69) is 58.9 Å². The first-order valence-electron chi connectivity index (χ1n) is 6.33. The van der Waals surface area contributed by atoms with Crippen LogP contribution in [-0.4, -0.2) is 24.0 Å². The molecule has 1 fully saturated rings. The molecule has 102 valence electrons. The molecular formula is C14H22BrClN2. The van der Waals surface area contributed by atoms with Crippen molar-refractivity contribution in [1.82, 2.24) is 4.90 Å². The highest BCUT2D eigenvalue weighted by molar-refractivity contribution is 9.10. The van der Waals surface area contributed by atoms with Gasteiger partial charge in [-0.25, -0.2) is 0 Å². The molecule has 1 aliphatic heterocycles. The largest absolute Gasteiger partial charge is 0.328 e. The summed E-state index contributed by atoms with van der Waals surface area (Å²) in [6, 6.07) is 9.27. The molecule has 1 saturated heterocycles. The Labute approximate surface area is 124 Å². The summed E-state index contributed by atoms with van der Waals surface area (Å²) in [6.45, 7) is 6.69. The normalized spacial score (nSPS) is 23.4. The van der Waals surface area contributed by atoms with E-state index in [0.717, 1.165) is 13.1 Å². The minimum absolute atomic E-state index is 0. The van der Waals surface area contributed by atoms with E-state index in [1.165, 1.54) is 16.5 Å². The number of nitrogens with zero attached hydrogens (tertiary/aromatic N) is 1. The molecule has 4 heteroatoms. The van der Waals surface area contributed by atoms with Crippen molar-refractivity contribution in [1.29, 1.82) is 0 Å². The highest BCUT2D eigenvalue weighted by atomic mass is 79.9. The van der Waals surface area contributed by atoms with E-state index in [1.807, 2.05) is 0 Å². The first-order chi connectivity index (χ1) is 8.09. The van der Waals surface area contributed by atoms with Crippen molar-refractivity contribution >= 4 is 28.3 Å². The van der Waals surface area contributed by atoms with Gasteiger partial charge in [0, 0.05) is 23.1 Å². The van der Waals surface area contributed by atoms with Gasteiger partial charge in [0.1, 0.15) is 0 Å². The van der Waals surface area contributed by atoms with Crippen LogP contribution in [0.25, 0.3) is 0 Å². The summed E-state index contributed by atoms with van der Waals surface area (Å²) in [6.07, 6.45) is 1.23. The summed E-state index contributed by atoms with van der Waals surface area (Å²) in [7, 11) is 0. The molecule has 0 radical (unpaired) electrons. The van der Waals surface area contributed by atoms with Gasteiger partial charge in [0.05, 0.1) is 0 Å². The fraction of sp³-hybridized carbons (Fsp3) is 0.571. The van der Waals surface area contributed by atoms with Crippen LogP contribution in [0.15, 0.2) is 28.7 Å². The first kappa shape index (κ1) is 16.0. The fourth-order valence-corrected chi connectivity index (χ4v) is 3.22. The Bertz CT molecular complexity index is 384. The van der Waals surface area contributed by atoms with Gasteiger partial charge in [-0.1, -0.05) is 34.1 Å². The number of nitrogens with two attached hydrogens (primary N) is 1. The van der Waals surface area contributed by atoms with Crippen molar-refractivity contribution in [2.45, 2.75) is 32.4 Å². The zero-order chi connectivity index (χ0) is 12.4. The Morgan fingerprint density at radius 3 is 2.56 bits per heavy atom. The third-order valence-corrected chi connectivity index (χ3v) is 4.62. The van der Waals surface area contributed by atoms with E-state index < -0.39 is 0 Å². The minimum Gasteiger partial charge on any atom is -0.328 e. The second-order valence-corrected chi connectivity index (χ2v) is 5.95. The lowest BCUT2D eigenvalue weighted by Crippen LogP contribution is -2.31. The van der Waals surface area contributed by atoms with Crippen LogP contribution in [0.2, 0.25) is 0 Å². The van der Waals surface area contributed by atoms with Gasteiger partial charge in [0.25, 0.3) is 0 Å². The van der Waals surface area contributed by atoms with E-state index in [0.29, 0.717) is 18.0 Å². The van der Waals surface area contributed by atoms with Crippen LogP contribution in [0.4, 0.5) is 0 Å². The smallest absolute Gasteiger partial charge is 0.0331 e. The van der Waals surface area contributed by atoms with Crippen molar-refractivity contribution in [3.05, 3.63) is 34.3 Å². The predicted molar refractivity (Wildman–Crippen MR) is 83.1 cm³/mol. The Kier molecular flexibility index (Phi) is 6.12. The van der Waals surface area contributed by atoms with Crippen molar-refractivity contribution in [2.24, 2.45) is 11.7 Å². The first-order valence-corrected chi connectivity index (χ1v) is 7.13. The summed E-state index contributed by atoms with van der Waals surface area (Å²) in [5, 5.41) is 0. The lowest BCUT2D eigenvalue weighted by atomic mass is 10.0. The number of hydrogen-bond donors (Lipinski definition) is 1. The van der Waals surface area contributed by atoms with Crippen LogP contribution in [0, 0.1) is 5.92 Å². The molecule has 0 amide bonds. The summed E-state index contributed by atoms with van der Waals surface area (Å²) in [5.74, 6) is 0.653. The number of likely N-dealkylation sites (tertiary alicyclic amines) is 1. The van der Waals surface area contributed by atoms with Crippen LogP contribution < -0.4 is 5.73 Å². The summed E-state index contributed by atoms with van der Waals surface area (Å²) < 4.78 is 1.21. The van der Waals surface area contributed by atoms with Crippen LogP contribution in [0.3, 0.4) is 0 Å². The minimum atomic E-state index is 0. The molecule has 0 saturated carbocycles. The van der Waals surface area contributed by atoms with Crippen molar-refractivity contribution in [2.75, 3.05) is 13.1 Å². The zero-order valence-electron chi connectivity index (χ0n) is 11.0.